The van der Waals surface area contributed by atoms with E-state index in [2.05, 4.69) is 144 Å². The maximum atomic E-state index is 13.7. The zero-order valence-corrected chi connectivity index (χ0v) is 90.7. The second-order valence-electron chi connectivity index (χ2n) is 39.0. The molecule has 0 radical (unpaired) electrons. The van der Waals surface area contributed by atoms with Crippen molar-refractivity contribution in [1.82, 2.24) is 46.9 Å². The van der Waals surface area contributed by atoms with E-state index in [0.29, 0.717) is 161 Å². The Hall–Kier alpha value is -7.65. The van der Waals surface area contributed by atoms with Crippen LogP contribution in [0.3, 0.4) is 0 Å². The molecule has 3 heterocycles. The van der Waals surface area contributed by atoms with Crippen LogP contribution < -0.4 is 60.3 Å². The third-order valence-corrected chi connectivity index (χ3v) is 20.4. The van der Waals surface area contributed by atoms with Gasteiger partial charge in [-0.15, -0.1) is 0 Å². The Morgan fingerprint density at radius 3 is 1.27 bits per heavy atom. The molecule has 1 fully saturated rings. The molecule has 28 nitrogen and oxygen atoms in total. The number of carbonyl (C=O) groups is 7. The summed E-state index contributed by atoms with van der Waals surface area (Å²) in [7, 11) is 0. The van der Waals surface area contributed by atoms with Gasteiger partial charge in [-0.25, -0.2) is 19.3 Å². The molecule has 1 saturated carbocycles. The van der Waals surface area contributed by atoms with Gasteiger partial charge in [-0.3, -0.25) is 33.6 Å². The van der Waals surface area contributed by atoms with E-state index in [0.717, 1.165) is 103 Å². The second-order valence-corrected chi connectivity index (χ2v) is 39.0. The Bertz CT molecular complexity index is 3730. The number of pyridine rings is 3. The van der Waals surface area contributed by atoms with Gasteiger partial charge in [0.1, 0.15) is 93.1 Å². The largest absolute Gasteiger partial charge is 0.492 e. The van der Waals surface area contributed by atoms with E-state index in [-0.39, 0.29) is 127 Å². The smallest absolute Gasteiger partial charge is 0.213 e. The van der Waals surface area contributed by atoms with Gasteiger partial charge in [-0.05, 0) is 106 Å². The summed E-state index contributed by atoms with van der Waals surface area (Å²) in [5, 5.41) is 19.9. The number of halogens is 1. The summed E-state index contributed by atoms with van der Waals surface area (Å²) in [5.74, 6) is 5.45. The van der Waals surface area contributed by atoms with Gasteiger partial charge in [-0.2, -0.15) is 0 Å². The first kappa shape index (κ1) is 132. The number of ether oxygens (including phenoxy) is 12. The van der Waals surface area contributed by atoms with Crippen molar-refractivity contribution in [3.63, 3.8) is 0 Å². The Labute approximate surface area is 833 Å². The standard InChI is InChI=1S/C17H26FNO2.C17H26N2O3.C16H26N2O3.C16H26N2O2.C16H32O3.C14H27NO3.C13H27NO3/c1-12(2)17(20)8-5-14-11-15(6-7-16(14)18)21-10-9-19-13(3)4;1-11(2)16(20)10-21-14-5-6-17(18-9-14)22-15-7-13(8-15)19-12(3)4;1-11(2)15(19)10-20-14-6-7-16(18-9-14)21-13(5)8-17-12(3)4;1-12(2)15(19)7-5-14-6-8-16(18-11-14)20-10-9-17-13(3)4;1-14(2)9-6-5-7-10-18-11-8-12-19-13-16(17)15(3)4;1-12(2)14(16)11-18-9-6-5-8-17-10-7-15-13(3)4;1-11(2)13(15)10-17-9-8-16-7-5-6-14-12(3)4/h6-7,11-13,19H,5,8-10H2,1-4H3;5-6,9,11-13,15,19H,7-8,10H2,1-4H3;6-7,9,11-13,17H,8,10H2,1-5H3;6,8,11-13,17H,5,7,9-10H2,1-4H3;14-15H,5-13H2,1-4H3;5-6,12-13,15H,7-11H2,1-4H3;11-12,14H,5-10H2,1-4H3/b;;;;;6-5-;/t;;13-;;;;/m..0..../s1. The van der Waals surface area contributed by atoms with Crippen LogP contribution >= 0.6 is 0 Å². The second kappa shape index (κ2) is 83.9. The lowest BCUT2D eigenvalue weighted by molar-refractivity contribution is -0.127. The Morgan fingerprint density at radius 2 is 0.783 bits per heavy atom. The van der Waals surface area contributed by atoms with Gasteiger partial charge >= 0.3 is 0 Å². The fourth-order valence-electron chi connectivity index (χ4n) is 11.2. The van der Waals surface area contributed by atoms with E-state index in [9.17, 15) is 38.0 Å². The zero-order valence-electron chi connectivity index (χ0n) is 90.7. The van der Waals surface area contributed by atoms with Crippen molar-refractivity contribution in [1.29, 1.82) is 0 Å². The topological polar surface area (TPSA) is 341 Å². The molecule has 0 aliphatic heterocycles. The molecule has 1 aliphatic carbocycles. The quantitative estimate of drug-likeness (QED) is 0.0177. The molecular formula is C109H190FN9O19. The van der Waals surface area contributed by atoms with Crippen LogP contribution in [-0.4, -0.2) is 248 Å². The molecule has 3 aromatic heterocycles. The highest BCUT2D eigenvalue weighted by atomic mass is 19.1. The van der Waals surface area contributed by atoms with Crippen LogP contribution in [-0.2, 0) is 74.8 Å². The SMILES string of the molecule is CC(C)CCCCCOCCCOCC(=O)C(C)C.CC(C)NC1CC(Oc2ccc(OCC(=O)C(C)C)cn2)C1.CC(C)NCCCOCCOCC(=O)C(C)C.CC(C)NCCOC/C=C\COCC(=O)C(C)C.CC(C)NCCOc1ccc(CCC(=O)C(C)C)cn1.CC(C)NCCOc1ccc(F)c(CCC(=O)C(C)C)c1.CC(C)NC[C@H](C)Oc1ccc(OCC(=O)C(C)C)cn1. The minimum atomic E-state index is -0.279. The van der Waals surface area contributed by atoms with E-state index in [4.69, 9.17) is 56.8 Å². The van der Waals surface area contributed by atoms with Crippen LogP contribution in [0.25, 0.3) is 0 Å². The van der Waals surface area contributed by atoms with E-state index < -0.39 is 0 Å². The molecule has 1 atom stereocenters. The normalized spacial score (nSPS) is 13.1. The Kier molecular flexibility index (Phi) is 80.5. The number of ketones is 7. The summed E-state index contributed by atoms with van der Waals surface area (Å²) in [4.78, 5) is 92.5. The highest BCUT2D eigenvalue weighted by Crippen LogP contribution is 2.27. The van der Waals surface area contributed by atoms with Gasteiger partial charge in [0, 0.05) is 174 Å². The van der Waals surface area contributed by atoms with Crippen LogP contribution in [0.5, 0.6) is 34.9 Å². The van der Waals surface area contributed by atoms with E-state index in [1.165, 1.54) is 25.3 Å². The maximum Gasteiger partial charge on any atom is 0.213 e. The number of unbranched alkanes of at least 4 members (excludes halogenated alkanes) is 2. The number of carbonyl (C=O) groups excluding carboxylic acids is 7. The number of rotatable bonds is 70. The van der Waals surface area contributed by atoms with Crippen molar-refractivity contribution in [2.45, 2.75) is 332 Å². The minimum absolute atomic E-state index is 0.00500. The summed E-state index contributed by atoms with van der Waals surface area (Å²) in [6.45, 7) is 70.0. The molecule has 1 aromatic carbocycles. The number of aromatic nitrogens is 3. The van der Waals surface area contributed by atoms with Gasteiger partial charge in [-0.1, -0.05) is 231 Å². The third-order valence-electron chi connectivity index (χ3n) is 20.4. The average molecular weight is 1950 g/mol. The molecule has 0 saturated heterocycles. The molecule has 6 N–H and O–H groups in total. The van der Waals surface area contributed by atoms with Crippen LogP contribution in [0.4, 0.5) is 4.39 Å². The predicted molar refractivity (Wildman–Crippen MR) is 555 cm³/mol. The van der Waals surface area contributed by atoms with Crippen LogP contribution in [0, 0.1) is 53.2 Å². The zero-order chi connectivity index (χ0) is 104. The van der Waals surface area contributed by atoms with Crippen molar-refractivity contribution in [3.8, 4) is 34.9 Å². The van der Waals surface area contributed by atoms with Gasteiger partial charge in [0.05, 0.1) is 45.4 Å². The van der Waals surface area contributed by atoms with Gasteiger partial charge in [0.25, 0.3) is 0 Å². The molecule has 0 bridgehead atoms. The van der Waals surface area contributed by atoms with E-state index >= 15 is 0 Å². The fraction of sp³-hybridized carbons (Fsp3) is 0.725. The molecule has 0 spiro atoms. The van der Waals surface area contributed by atoms with Gasteiger partial charge in [0.2, 0.25) is 17.6 Å². The highest BCUT2D eigenvalue weighted by molar-refractivity contribution is 5.83. The maximum absolute atomic E-state index is 13.7. The van der Waals surface area contributed by atoms with Crippen molar-refractivity contribution in [3.05, 3.63) is 102 Å². The van der Waals surface area contributed by atoms with Crippen molar-refractivity contribution < 1.29 is 94.8 Å². The number of Topliss-reactive ketones (excluding diaryl/α,β-unsaturated/α-hetero) is 7. The molecular weight excluding hydrogens is 1760 g/mol. The monoisotopic (exact) mass is 1950 g/mol. The average Bonchev–Trinajstić information content (AvgIpc) is 0.810. The van der Waals surface area contributed by atoms with E-state index in [1.807, 2.05) is 128 Å². The summed E-state index contributed by atoms with van der Waals surface area (Å²) in [6.07, 6.45) is 20.1. The first-order valence-corrected chi connectivity index (χ1v) is 51.0. The number of nitrogens with zero attached hydrogens (tertiary/aromatic N) is 3. The lowest BCUT2D eigenvalue weighted by Crippen LogP contribution is -2.49. The summed E-state index contributed by atoms with van der Waals surface area (Å²) >= 11 is 0. The number of hydrogen-bond donors (Lipinski definition) is 6. The van der Waals surface area contributed by atoms with Crippen molar-refractivity contribution >= 4 is 40.5 Å². The molecule has 138 heavy (non-hydrogen) atoms. The number of nitrogens with one attached hydrogen (secondary N) is 6. The molecule has 0 unspecified atom stereocenters. The Morgan fingerprint density at radius 1 is 0.362 bits per heavy atom. The van der Waals surface area contributed by atoms with Crippen molar-refractivity contribution in [2.24, 2.45) is 47.3 Å². The predicted octanol–water partition coefficient (Wildman–Crippen LogP) is 18.3. The number of aryl methyl sites for hydroxylation is 2. The summed E-state index contributed by atoms with van der Waals surface area (Å²) < 4.78 is 79.2. The molecule has 4 aromatic rings. The van der Waals surface area contributed by atoms with Crippen LogP contribution in [0.15, 0.2) is 85.3 Å². The third kappa shape index (κ3) is 80.0. The fourth-order valence-corrected chi connectivity index (χ4v) is 11.2. The van der Waals surface area contributed by atoms with E-state index in [1.54, 1.807) is 55.0 Å². The number of hydrogen-bond acceptors (Lipinski definition) is 28. The van der Waals surface area contributed by atoms with Crippen molar-refractivity contribution in [2.75, 3.05) is 138 Å². The van der Waals surface area contributed by atoms with Crippen LogP contribution in [0.1, 0.15) is 276 Å². The summed E-state index contributed by atoms with van der Waals surface area (Å²) in [5.41, 5.74) is 1.62. The molecule has 5 rings (SSSR count). The lowest BCUT2D eigenvalue weighted by Gasteiger charge is -2.36. The first-order valence-electron chi connectivity index (χ1n) is 51.0. The minimum Gasteiger partial charge on any atom is -0.492 e. The molecule has 792 valence electrons. The van der Waals surface area contributed by atoms with Gasteiger partial charge < -0.3 is 88.7 Å². The van der Waals surface area contributed by atoms with Gasteiger partial charge in [0.15, 0.2) is 28.9 Å². The number of benzene rings is 1. The summed E-state index contributed by atoms with van der Waals surface area (Å²) in [6, 6.07) is 19.1. The molecule has 1 aliphatic rings. The van der Waals surface area contributed by atoms with Crippen LogP contribution in [0.2, 0.25) is 0 Å². The Balaban J connectivity index is 0. The molecule has 29 heteroatoms. The molecule has 0 amide bonds. The first-order chi connectivity index (χ1) is 65.3. The lowest BCUT2D eigenvalue weighted by atomic mass is 9.89. The highest BCUT2D eigenvalue weighted by Gasteiger charge is 2.31.